The Bertz CT molecular complexity index is 795. The molecule has 3 rings (SSSR count). The standard InChI is InChI=1S/C21H25N3O2/c1-16-5-3-7-18(13-16)22-20(25)15-21(26)24-11-9-23(10-12-24)19-8-4-6-17(2)14-19/h3-8,13-14H,9-12,15H2,1-2H3,(H,22,25). The molecule has 0 saturated carbocycles. The largest absolute Gasteiger partial charge is 0.368 e. The number of aryl methyl sites for hydroxylation is 2. The average Bonchev–Trinajstić information content (AvgIpc) is 2.61. The summed E-state index contributed by atoms with van der Waals surface area (Å²) in [6.45, 7) is 6.91. The van der Waals surface area contributed by atoms with Crippen LogP contribution in [0, 0.1) is 13.8 Å². The second kappa shape index (κ2) is 8.04. The van der Waals surface area contributed by atoms with Gasteiger partial charge in [0, 0.05) is 37.6 Å². The summed E-state index contributed by atoms with van der Waals surface area (Å²) < 4.78 is 0. The minimum Gasteiger partial charge on any atom is -0.368 e. The smallest absolute Gasteiger partial charge is 0.233 e. The zero-order chi connectivity index (χ0) is 18.5. The molecule has 136 valence electrons. The Morgan fingerprint density at radius 2 is 1.58 bits per heavy atom. The zero-order valence-corrected chi connectivity index (χ0v) is 15.4. The number of carbonyl (C=O) groups is 2. The highest BCUT2D eigenvalue weighted by Crippen LogP contribution is 2.18. The third-order valence-corrected chi connectivity index (χ3v) is 4.61. The average molecular weight is 351 g/mol. The van der Waals surface area contributed by atoms with Crippen molar-refractivity contribution >= 4 is 23.2 Å². The lowest BCUT2D eigenvalue weighted by atomic mass is 10.2. The van der Waals surface area contributed by atoms with Crippen molar-refractivity contribution in [3.8, 4) is 0 Å². The number of rotatable bonds is 4. The van der Waals surface area contributed by atoms with E-state index < -0.39 is 0 Å². The van der Waals surface area contributed by atoms with Gasteiger partial charge in [0.05, 0.1) is 0 Å². The summed E-state index contributed by atoms with van der Waals surface area (Å²) in [6, 6.07) is 16.0. The monoisotopic (exact) mass is 351 g/mol. The van der Waals surface area contributed by atoms with Crippen LogP contribution in [0.15, 0.2) is 48.5 Å². The van der Waals surface area contributed by atoms with Gasteiger partial charge in [-0.25, -0.2) is 0 Å². The molecule has 5 heteroatoms. The molecule has 0 aromatic heterocycles. The topological polar surface area (TPSA) is 52.7 Å². The van der Waals surface area contributed by atoms with Crippen LogP contribution in [-0.4, -0.2) is 42.9 Å². The molecule has 1 saturated heterocycles. The molecule has 1 aliphatic rings. The Balaban J connectivity index is 1.49. The van der Waals surface area contributed by atoms with E-state index in [2.05, 4.69) is 41.4 Å². The molecule has 1 fully saturated rings. The molecule has 2 amide bonds. The van der Waals surface area contributed by atoms with Gasteiger partial charge in [0.1, 0.15) is 6.42 Å². The summed E-state index contributed by atoms with van der Waals surface area (Å²) in [5, 5.41) is 2.80. The second-order valence-electron chi connectivity index (χ2n) is 6.80. The van der Waals surface area contributed by atoms with Crippen LogP contribution in [0.25, 0.3) is 0 Å². The van der Waals surface area contributed by atoms with Crippen LogP contribution in [0.4, 0.5) is 11.4 Å². The molecule has 0 aliphatic carbocycles. The first-order valence-corrected chi connectivity index (χ1v) is 8.97. The number of amides is 2. The fourth-order valence-electron chi connectivity index (χ4n) is 3.22. The maximum atomic E-state index is 12.4. The molecular formula is C21H25N3O2. The van der Waals surface area contributed by atoms with Crippen molar-refractivity contribution in [2.75, 3.05) is 36.4 Å². The molecular weight excluding hydrogens is 326 g/mol. The highest BCUT2D eigenvalue weighted by atomic mass is 16.2. The summed E-state index contributed by atoms with van der Waals surface area (Å²) in [6.07, 6.45) is -0.113. The van der Waals surface area contributed by atoms with Crippen molar-refractivity contribution in [1.29, 1.82) is 0 Å². The van der Waals surface area contributed by atoms with E-state index in [4.69, 9.17) is 0 Å². The number of anilines is 2. The molecule has 5 nitrogen and oxygen atoms in total. The fourth-order valence-corrected chi connectivity index (χ4v) is 3.22. The van der Waals surface area contributed by atoms with Crippen molar-refractivity contribution in [1.82, 2.24) is 4.90 Å². The van der Waals surface area contributed by atoms with Crippen molar-refractivity contribution in [2.45, 2.75) is 20.3 Å². The first-order chi connectivity index (χ1) is 12.5. The number of benzene rings is 2. The Morgan fingerprint density at radius 3 is 2.23 bits per heavy atom. The van der Waals surface area contributed by atoms with Gasteiger partial charge >= 0.3 is 0 Å². The SMILES string of the molecule is Cc1cccc(NC(=O)CC(=O)N2CCN(c3cccc(C)c3)CC2)c1. The summed E-state index contributed by atoms with van der Waals surface area (Å²) >= 11 is 0. The van der Waals surface area contributed by atoms with E-state index in [9.17, 15) is 9.59 Å². The highest BCUT2D eigenvalue weighted by Gasteiger charge is 2.23. The van der Waals surface area contributed by atoms with Gasteiger partial charge in [-0.15, -0.1) is 0 Å². The van der Waals surface area contributed by atoms with Crippen LogP contribution >= 0.6 is 0 Å². The number of nitrogens with zero attached hydrogens (tertiary/aromatic N) is 2. The van der Waals surface area contributed by atoms with E-state index in [0.717, 1.165) is 24.3 Å². The lowest BCUT2D eigenvalue weighted by Crippen LogP contribution is -2.49. The molecule has 0 bridgehead atoms. The molecule has 0 spiro atoms. The van der Waals surface area contributed by atoms with E-state index in [1.165, 1.54) is 11.3 Å². The van der Waals surface area contributed by atoms with Gasteiger partial charge in [-0.3, -0.25) is 9.59 Å². The maximum Gasteiger partial charge on any atom is 0.233 e. The number of hydrogen-bond donors (Lipinski definition) is 1. The third kappa shape index (κ3) is 4.63. The minimum atomic E-state index is -0.262. The van der Waals surface area contributed by atoms with E-state index in [1.807, 2.05) is 31.2 Å². The fraction of sp³-hybridized carbons (Fsp3) is 0.333. The number of nitrogens with one attached hydrogen (secondary N) is 1. The first-order valence-electron chi connectivity index (χ1n) is 8.97. The predicted molar refractivity (Wildman–Crippen MR) is 104 cm³/mol. The molecule has 0 radical (unpaired) electrons. The molecule has 26 heavy (non-hydrogen) atoms. The van der Waals surface area contributed by atoms with Crippen molar-refractivity contribution in [2.24, 2.45) is 0 Å². The molecule has 0 atom stereocenters. The van der Waals surface area contributed by atoms with E-state index in [1.54, 1.807) is 4.90 Å². The molecule has 0 unspecified atom stereocenters. The highest BCUT2D eigenvalue weighted by molar-refractivity contribution is 6.03. The molecule has 2 aromatic rings. The van der Waals surface area contributed by atoms with Gasteiger partial charge in [0.15, 0.2) is 0 Å². The van der Waals surface area contributed by atoms with Crippen LogP contribution in [0.1, 0.15) is 17.5 Å². The Kier molecular flexibility index (Phi) is 5.56. The second-order valence-corrected chi connectivity index (χ2v) is 6.80. The minimum absolute atomic E-state index is 0.112. The van der Waals surface area contributed by atoms with E-state index in [-0.39, 0.29) is 18.2 Å². The number of hydrogen-bond acceptors (Lipinski definition) is 3. The Labute approximate surface area is 154 Å². The van der Waals surface area contributed by atoms with Crippen LogP contribution in [0.3, 0.4) is 0 Å². The van der Waals surface area contributed by atoms with Crippen LogP contribution in [0.5, 0.6) is 0 Å². The van der Waals surface area contributed by atoms with Crippen molar-refractivity contribution < 1.29 is 9.59 Å². The van der Waals surface area contributed by atoms with Crippen LogP contribution < -0.4 is 10.2 Å². The zero-order valence-electron chi connectivity index (χ0n) is 15.4. The van der Waals surface area contributed by atoms with Gasteiger partial charge in [-0.2, -0.15) is 0 Å². The predicted octanol–water partition coefficient (Wildman–Crippen LogP) is 2.98. The van der Waals surface area contributed by atoms with E-state index in [0.29, 0.717) is 13.1 Å². The quantitative estimate of drug-likeness (QED) is 0.862. The summed E-state index contributed by atoms with van der Waals surface area (Å²) in [4.78, 5) is 28.6. The number of piperazine rings is 1. The Hall–Kier alpha value is -2.82. The van der Waals surface area contributed by atoms with Gasteiger partial charge in [0.2, 0.25) is 11.8 Å². The van der Waals surface area contributed by atoms with Crippen molar-refractivity contribution in [3.05, 3.63) is 59.7 Å². The summed E-state index contributed by atoms with van der Waals surface area (Å²) in [7, 11) is 0. The molecule has 1 heterocycles. The normalized spacial score (nSPS) is 14.2. The maximum absolute atomic E-state index is 12.4. The van der Waals surface area contributed by atoms with Gasteiger partial charge in [0.25, 0.3) is 0 Å². The van der Waals surface area contributed by atoms with Crippen LogP contribution in [0.2, 0.25) is 0 Å². The van der Waals surface area contributed by atoms with Crippen LogP contribution in [-0.2, 0) is 9.59 Å². The third-order valence-electron chi connectivity index (χ3n) is 4.61. The summed E-state index contributed by atoms with van der Waals surface area (Å²) in [5.74, 6) is -0.374. The lowest BCUT2D eigenvalue weighted by molar-refractivity contribution is -0.134. The van der Waals surface area contributed by atoms with Gasteiger partial charge < -0.3 is 15.1 Å². The molecule has 1 N–H and O–H groups in total. The summed E-state index contributed by atoms with van der Waals surface area (Å²) in [5.41, 5.74) is 4.22. The molecule has 2 aromatic carbocycles. The van der Waals surface area contributed by atoms with E-state index >= 15 is 0 Å². The van der Waals surface area contributed by atoms with Gasteiger partial charge in [-0.05, 0) is 49.2 Å². The van der Waals surface area contributed by atoms with Crippen molar-refractivity contribution in [3.63, 3.8) is 0 Å². The first kappa shape index (κ1) is 18.0. The molecule has 1 aliphatic heterocycles. The number of carbonyl (C=O) groups excluding carboxylic acids is 2. The Morgan fingerprint density at radius 1 is 0.923 bits per heavy atom. The van der Waals surface area contributed by atoms with Gasteiger partial charge in [-0.1, -0.05) is 24.3 Å². The lowest BCUT2D eigenvalue weighted by Gasteiger charge is -2.36.